The van der Waals surface area contributed by atoms with Crippen LogP contribution >= 0.6 is 11.8 Å². The van der Waals surface area contributed by atoms with Gasteiger partial charge in [-0.25, -0.2) is 0 Å². The molecule has 1 unspecified atom stereocenters. The van der Waals surface area contributed by atoms with Crippen molar-refractivity contribution in [2.24, 2.45) is 7.05 Å². The first-order valence-corrected chi connectivity index (χ1v) is 9.80. The van der Waals surface area contributed by atoms with Crippen molar-refractivity contribution < 1.29 is 9.84 Å². The van der Waals surface area contributed by atoms with E-state index in [0.29, 0.717) is 6.54 Å². The summed E-state index contributed by atoms with van der Waals surface area (Å²) in [6.07, 6.45) is 1.80. The van der Waals surface area contributed by atoms with Crippen LogP contribution in [0.3, 0.4) is 0 Å². The van der Waals surface area contributed by atoms with Crippen molar-refractivity contribution in [3.8, 4) is 5.75 Å². The molecule has 5 nitrogen and oxygen atoms in total. The molecule has 1 aliphatic rings. The lowest BCUT2D eigenvalue weighted by atomic mass is 9.93. The smallest absolute Gasteiger partial charge is 0.118 e. The summed E-state index contributed by atoms with van der Waals surface area (Å²) < 4.78 is 7.21. The third-order valence-electron chi connectivity index (χ3n) is 4.87. The van der Waals surface area contributed by atoms with Gasteiger partial charge in [0, 0.05) is 36.9 Å². The molecule has 136 valence electrons. The fraction of sp³-hybridized carbons (Fsp3) is 0.526. The highest BCUT2D eigenvalue weighted by atomic mass is 32.2. The fourth-order valence-corrected chi connectivity index (χ4v) is 4.28. The fourth-order valence-electron chi connectivity index (χ4n) is 3.26. The Labute approximate surface area is 153 Å². The molecule has 1 aromatic carbocycles. The molecule has 0 amide bonds. The molecule has 1 aromatic heterocycles. The van der Waals surface area contributed by atoms with Crippen LogP contribution in [0.1, 0.15) is 29.4 Å². The molecule has 0 saturated heterocycles. The van der Waals surface area contributed by atoms with E-state index in [-0.39, 0.29) is 12.1 Å². The molecule has 2 aromatic rings. The zero-order chi connectivity index (χ0) is 17.9. The van der Waals surface area contributed by atoms with Gasteiger partial charge < -0.3 is 15.2 Å². The minimum absolute atomic E-state index is 0.0772. The molecule has 3 rings (SSSR count). The first-order valence-electron chi connectivity index (χ1n) is 8.65. The summed E-state index contributed by atoms with van der Waals surface area (Å²) in [5, 5.41) is 18.2. The van der Waals surface area contributed by atoms with Crippen molar-refractivity contribution in [1.29, 1.82) is 0 Å². The molecule has 0 saturated carbocycles. The van der Waals surface area contributed by atoms with Crippen LogP contribution in [0.25, 0.3) is 0 Å². The van der Waals surface area contributed by atoms with Gasteiger partial charge in [0.2, 0.25) is 0 Å². The van der Waals surface area contributed by atoms with E-state index in [1.54, 1.807) is 7.11 Å². The van der Waals surface area contributed by atoms with Crippen LogP contribution in [-0.4, -0.2) is 39.9 Å². The van der Waals surface area contributed by atoms with Crippen molar-refractivity contribution in [2.75, 3.05) is 19.5 Å². The maximum atomic E-state index is 9.97. The minimum Gasteiger partial charge on any atom is -0.497 e. The maximum absolute atomic E-state index is 9.97. The number of methoxy groups -OCH3 is 1. The number of fused-ring (bicyclic) bond motifs is 1. The molecule has 2 N–H and O–H groups in total. The number of aliphatic hydroxyl groups is 1. The standard InChI is InChI=1S/C19H27N3O2S/c1-19(13-23,10-14-4-6-15(24-3)7-5-14)20-11-18-16-12-25-9-8-17(16)21-22(18)2/h4-7,20,23H,8-13H2,1-3H3. The van der Waals surface area contributed by atoms with Crippen molar-refractivity contribution in [2.45, 2.75) is 37.6 Å². The molecule has 1 aliphatic heterocycles. The van der Waals surface area contributed by atoms with Crippen molar-refractivity contribution >= 4 is 11.8 Å². The zero-order valence-electron chi connectivity index (χ0n) is 15.2. The third kappa shape index (κ3) is 4.19. The molecule has 1 atom stereocenters. The number of hydrogen-bond acceptors (Lipinski definition) is 5. The number of hydrogen-bond donors (Lipinski definition) is 2. The average molecular weight is 362 g/mol. The summed E-state index contributed by atoms with van der Waals surface area (Å²) in [7, 11) is 3.68. The quantitative estimate of drug-likeness (QED) is 0.792. The van der Waals surface area contributed by atoms with E-state index in [1.165, 1.54) is 22.5 Å². The van der Waals surface area contributed by atoms with Crippen LogP contribution in [0, 0.1) is 0 Å². The van der Waals surface area contributed by atoms with Gasteiger partial charge in [-0.3, -0.25) is 4.68 Å². The first-order chi connectivity index (χ1) is 12.0. The largest absolute Gasteiger partial charge is 0.497 e. The molecule has 6 heteroatoms. The Balaban J connectivity index is 1.70. The second-order valence-electron chi connectivity index (χ2n) is 6.90. The lowest BCUT2D eigenvalue weighted by molar-refractivity contribution is 0.171. The van der Waals surface area contributed by atoms with Crippen LogP contribution in [-0.2, 0) is 32.2 Å². The van der Waals surface area contributed by atoms with Gasteiger partial charge in [0.05, 0.1) is 25.1 Å². The Bertz CT molecular complexity index is 714. The van der Waals surface area contributed by atoms with Crippen molar-refractivity contribution in [3.63, 3.8) is 0 Å². The van der Waals surface area contributed by atoms with Gasteiger partial charge in [0.1, 0.15) is 5.75 Å². The van der Waals surface area contributed by atoms with Crippen LogP contribution in [0.15, 0.2) is 24.3 Å². The van der Waals surface area contributed by atoms with E-state index in [9.17, 15) is 5.11 Å². The Morgan fingerprint density at radius 1 is 1.36 bits per heavy atom. The summed E-state index contributed by atoms with van der Waals surface area (Å²) in [4.78, 5) is 0. The Morgan fingerprint density at radius 2 is 2.12 bits per heavy atom. The van der Waals surface area contributed by atoms with E-state index in [4.69, 9.17) is 4.74 Å². The van der Waals surface area contributed by atoms with E-state index < -0.39 is 0 Å². The number of benzene rings is 1. The zero-order valence-corrected chi connectivity index (χ0v) is 16.0. The van der Waals surface area contributed by atoms with Crippen LogP contribution in [0.2, 0.25) is 0 Å². The first kappa shape index (κ1) is 18.3. The Morgan fingerprint density at radius 3 is 2.80 bits per heavy atom. The minimum atomic E-state index is -0.381. The number of aliphatic hydroxyl groups excluding tert-OH is 1. The summed E-state index contributed by atoms with van der Waals surface area (Å²) in [5.74, 6) is 3.04. The van der Waals surface area contributed by atoms with Gasteiger partial charge in [-0.1, -0.05) is 12.1 Å². The predicted molar refractivity (Wildman–Crippen MR) is 102 cm³/mol. The van der Waals surface area contributed by atoms with Crippen molar-refractivity contribution in [1.82, 2.24) is 15.1 Å². The highest BCUT2D eigenvalue weighted by Gasteiger charge is 2.26. The van der Waals surface area contributed by atoms with Crippen LogP contribution in [0.4, 0.5) is 0 Å². The monoisotopic (exact) mass is 361 g/mol. The Kier molecular flexibility index (Phi) is 5.71. The lowest BCUT2D eigenvalue weighted by Gasteiger charge is -2.29. The van der Waals surface area contributed by atoms with Gasteiger partial charge >= 0.3 is 0 Å². The Hall–Kier alpha value is -1.50. The summed E-state index contributed by atoms with van der Waals surface area (Å²) in [5.41, 5.74) is 4.63. The predicted octanol–water partition coefficient (Wildman–Crippen LogP) is 2.30. The lowest BCUT2D eigenvalue weighted by Crippen LogP contribution is -2.47. The highest BCUT2D eigenvalue weighted by molar-refractivity contribution is 7.98. The van der Waals surface area contributed by atoms with Crippen LogP contribution in [0.5, 0.6) is 5.75 Å². The molecule has 0 bridgehead atoms. The number of nitrogens with zero attached hydrogens (tertiary/aromatic N) is 2. The second kappa shape index (κ2) is 7.81. The van der Waals surface area contributed by atoms with Gasteiger partial charge in [0.25, 0.3) is 0 Å². The van der Waals surface area contributed by atoms with E-state index in [0.717, 1.165) is 30.1 Å². The number of rotatable bonds is 7. The van der Waals surface area contributed by atoms with Gasteiger partial charge in [-0.05, 0) is 36.8 Å². The highest BCUT2D eigenvalue weighted by Crippen LogP contribution is 2.27. The van der Waals surface area contributed by atoms with Gasteiger partial charge in [0.15, 0.2) is 0 Å². The number of aryl methyl sites for hydroxylation is 2. The third-order valence-corrected chi connectivity index (χ3v) is 5.86. The van der Waals surface area contributed by atoms with Gasteiger partial charge in [-0.2, -0.15) is 16.9 Å². The summed E-state index contributed by atoms with van der Waals surface area (Å²) in [6.45, 7) is 2.86. The summed E-state index contributed by atoms with van der Waals surface area (Å²) in [6, 6.07) is 8.03. The number of ether oxygens (including phenoxy) is 1. The molecule has 0 fully saturated rings. The number of thioether (sulfide) groups is 1. The number of nitrogens with one attached hydrogen (secondary N) is 1. The second-order valence-corrected chi connectivity index (χ2v) is 8.00. The molecule has 0 aliphatic carbocycles. The number of aromatic nitrogens is 2. The summed E-state index contributed by atoms with van der Waals surface area (Å²) >= 11 is 1.97. The van der Waals surface area contributed by atoms with Gasteiger partial charge in [-0.15, -0.1) is 0 Å². The normalized spacial score (nSPS) is 16.3. The van der Waals surface area contributed by atoms with Crippen LogP contribution < -0.4 is 10.1 Å². The molecular formula is C19H27N3O2S. The topological polar surface area (TPSA) is 59.3 Å². The SMILES string of the molecule is COc1ccc(CC(C)(CO)NCc2c3c(nn2C)CCSC3)cc1. The maximum Gasteiger partial charge on any atom is 0.118 e. The molecular weight excluding hydrogens is 334 g/mol. The average Bonchev–Trinajstić information content (AvgIpc) is 2.96. The molecule has 0 radical (unpaired) electrons. The molecule has 2 heterocycles. The van der Waals surface area contributed by atoms with E-state index in [1.807, 2.05) is 35.6 Å². The van der Waals surface area contributed by atoms with E-state index in [2.05, 4.69) is 29.5 Å². The van der Waals surface area contributed by atoms with E-state index >= 15 is 0 Å². The van der Waals surface area contributed by atoms with Crippen molar-refractivity contribution in [3.05, 3.63) is 46.8 Å². The molecule has 25 heavy (non-hydrogen) atoms. The molecule has 0 spiro atoms.